The molecule has 2 unspecified atom stereocenters. The molecule has 1 aliphatic heterocycles. The SMILES string of the molecule is CC(O)(CC1COCCN1)C1CCCCCC1. The van der Waals surface area contributed by atoms with Crippen LogP contribution in [0.5, 0.6) is 0 Å². The highest BCUT2D eigenvalue weighted by Crippen LogP contribution is 2.34. The van der Waals surface area contributed by atoms with Crippen molar-refractivity contribution in [2.75, 3.05) is 19.8 Å². The van der Waals surface area contributed by atoms with Crippen LogP contribution in [-0.4, -0.2) is 36.5 Å². The highest BCUT2D eigenvalue weighted by atomic mass is 16.5. The Balaban J connectivity index is 1.86. The van der Waals surface area contributed by atoms with Gasteiger partial charge in [0.15, 0.2) is 0 Å². The lowest BCUT2D eigenvalue weighted by atomic mass is 9.79. The molecule has 2 aliphatic rings. The summed E-state index contributed by atoms with van der Waals surface area (Å²) in [6.45, 7) is 4.51. The third-order valence-electron chi connectivity index (χ3n) is 4.39. The Bertz CT molecular complexity index is 216. The maximum Gasteiger partial charge on any atom is 0.0663 e. The van der Waals surface area contributed by atoms with Gasteiger partial charge in [0.25, 0.3) is 0 Å². The second-order valence-electron chi connectivity index (χ2n) is 5.98. The van der Waals surface area contributed by atoms with Crippen molar-refractivity contribution < 1.29 is 9.84 Å². The van der Waals surface area contributed by atoms with E-state index in [2.05, 4.69) is 5.32 Å². The van der Waals surface area contributed by atoms with Gasteiger partial charge < -0.3 is 15.2 Å². The van der Waals surface area contributed by atoms with Crippen LogP contribution in [0.25, 0.3) is 0 Å². The van der Waals surface area contributed by atoms with E-state index >= 15 is 0 Å². The molecule has 2 atom stereocenters. The second kappa shape index (κ2) is 6.17. The number of hydrogen-bond acceptors (Lipinski definition) is 3. The molecule has 3 nitrogen and oxygen atoms in total. The Hall–Kier alpha value is -0.120. The molecule has 1 aliphatic carbocycles. The average Bonchev–Trinajstić information content (AvgIpc) is 2.58. The zero-order chi connectivity index (χ0) is 12.1. The summed E-state index contributed by atoms with van der Waals surface area (Å²) in [5.74, 6) is 0.480. The predicted molar refractivity (Wildman–Crippen MR) is 69.0 cm³/mol. The first-order valence-corrected chi connectivity index (χ1v) is 7.22. The van der Waals surface area contributed by atoms with Gasteiger partial charge in [-0.05, 0) is 32.1 Å². The van der Waals surface area contributed by atoms with Crippen LogP contribution in [0, 0.1) is 5.92 Å². The van der Waals surface area contributed by atoms with Gasteiger partial charge in [0.05, 0.1) is 18.8 Å². The van der Waals surface area contributed by atoms with Gasteiger partial charge in [-0.1, -0.05) is 25.7 Å². The molecule has 2 N–H and O–H groups in total. The van der Waals surface area contributed by atoms with E-state index in [0.717, 1.165) is 26.2 Å². The van der Waals surface area contributed by atoms with Gasteiger partial charge in [0.1, 0.15) is 0 Å². The summed E-state index contributed by atoms with van der Waals surface area (Å²) in [6.07, 6.45) is 8.48. The highest BCUT2D eigenvalue weighted by molar-refractivity contribution is 4.88. The Kier molecular flexibility index (Phi) is 4.83. The van der Waals surface area contributed by atoms with Crippen molar-refractivity contribution in [3.63, 3.8) is 0 Å². The summed E-state index contributed by atoms with van der Waals surface area (Å²) in [5.41, 5.74) is -0.525. The highest BCUT2D eigenvalue weighted by Gasteiger charge is 2.34. The fourth-order valence-electron chi connectivity index (χ4n) is 3.32. The molecule has 1 saturated carbocycles. The van der Waals surface area contributed by atoms with E-state index in [1.807, 2.05) is 6.92 Å². The minimum Gasteiger partial charge on any atom is -0.390 e. The molecule has 2 fully saturated rings. The molecular formula is C14H27NO2. The van der Waals surface area contributed by atoms with Crippen LogP contribution in [0.1, 0.15) is 51.9 Å². The van der Waals surface area contributed by atoms with E-state index in [-0.39, 0.29) is 0 Å². The molecule has 1 heterocycles. The summed E-state index contributed by atoms with van der Waals surface area (Å²) in [5, 5.41) is 14.2. The summed E-state index contributed by atoms with van der Waals surface area (Å²) in [6, 6.07) is 0.335. The number of morpholine rings is 1. The lowest BCUT2D eigenvalue weighted by molar-refractivity contribution is -0.0392. The third-order valence-corrected chi connectivity index (χ3v) is 4.39. The van der Waals surface area contributed by atoms with E-state index in [4.69, 9.17) is 4.74 Å². The van der Waals surface area contributed by atoms with Gasteiger partial charge in [-0.3, -0.25) is 0 Å². The Morgan fingerprint density at radius 2 is 1.94 bits per heavy atom. The molecule has 2 rings (SSSR count). The van der Waals surface area contributed by atoms with Crippen LogP contribution in [-0.2, 0) is 4.74 Å². The lowest BCUT2D eigenvalue weighted by Gasteiger charge is -2.37. The molecular weight excluding hydrogens is 214 g/mol. The van der Waals surface area contributed by atoms with Crippen LogP contribution in [0.15, 0.2) is 0 Å². The van der Waals surface area contributed by atoms with Crippen molar-refractivity contribution in [3.05, 3.63) is 0 Å². The van der Waals surface area contributed by atoms with E-state index in [1.54, 1.807) is 0 Å². The van der Waals surface area contributed by atoms with Crippen molar-refractivity contribution in [2.24, 2.45) is 5.92 Å². The van der Waals surface area contributed by atoms with E-state index in [9.17, 15) is 5.11 Å². The zero-order valence-corrected chi connectivity index (χ0v) is 11.1. The van der Waals surface area contributed by atoms with Gasteiger partial charge in [-0.15, -0.1) is 0 Å². The summed E-state index contributed by atoms with van der Waals surface area (Å²) < 4.78 is 5.47. The molecule has 3 heteroatoms. The minimum absolute atomic E-state index is 0.335. The topological polar surface area (TPSA) is 41.5 Å². The first kappa shape index (κ1) is 13.3. The van der Waals surface area contributed by atoms with Crippen molar-refractivity contribution in [1.29, 1.82) is 0 Å². The quantitative estimate of drug-likeness (QED) is 0.743. The summed E-state index contributed by atoms with van der Waals surface area (Å²) >= 11 is 0. The van der Waals surface area contributed by atoms with E-state index in [0.29, 0.717) is 12.0 Å². The fraction of sp³-hybridized carbons (Fsp3) is 1.00. The molecule has 0 radical (unpaired) electrons. The molecule has 0 spiro atoms. The monoisotopic (exact) mass is 241 g/mol. The summed E-state index contributed by atoms with van der Waals surface area (Å²) in [4.78, 5) is 0. The number of ether oxygens (including phenoxy) is 1. The number of nitrogens with one attached hydrogen (secondary N) is 1. The van der Waals surface area contributed by atoms with Gasteiger partial charge in [-0.25, -0.2) is 0 Å². The maximum absolute atomic E-state index is 10.7. The van der Waals surface area contributed by atoms with Crippen LogP contribution in [0.3, 0.4) is 0 Å². The van der Waals surface area contributed by atoms with E-state index < -0.39 is 5.60 Å². The van der Waals surface area contributed by atoms with Crippen LogP contribution in [0.2, 0.25) is 0 Å². The molecule has 0 aromatic heterocycles. The predicted octanol–water partition coefficient (Wildman–Crippen LogP) is 2.09. The summed E-state index contributed by atoms with van der Waals surface area (Å²) in [7, 11) is 0. The first-order valence-electron chi connectivity index (χ1n) is 7.22. The van der Waals surface area contributed by atoms with Crippen molar-refractivity contribution in [2.45, 2.75) is 63.5 Å². The van der Waals surface area contributed by atoms with Crippen LogP contribution >= 0.6 is 0 Å². The van der Waals surface area contributed by atoms with Gasteiger partial charge in [-0.2, -0.15) is 0 Å². The van der Waals surface area contributed by atoms with Crippen molar-refractivity contribution in [1.82, 2.24) is 5.32 Å². The van der Waals surface area contributed by atoms with Crippen molar-refractivity contribution in [3.8, 4) is 0 Å². The molecule has 1 saturated heterocycles. The maximum atomic E-state index is 10.7. The molecule has 0 aromatic rings. The van der Waals surface area contributed by atoms with Crippen LogP contribution in [0.4, 0.5) is 0 Å². The number of hydrogen-bond donors (Lipinski definition) is 2. The Morgan fingerprint density at radius 3 is 2.53 bits per heavy atom. The minimum atomic E-state index is -0.525. The molecule has 17 heavy (non-hydrogen) atoms. The number of aliphatic hydroxyl groups is 1. The smallest absolute Gasteiger partial charge is 0.0663 e. The standard InChI is InChI=1S/C14H27NO2/c1-14(16,10-13-11-17-9-8-15-13)12-6-4-2-3-5-7-12/h12-13,15-16H,2-11H2,1H3. The Morgan fingerprint density at radius 1 is 1.24 bits per heavy atom. The van der Waals surface area contributed by atoms with Crippen molar-refractivity contribution >= 4 is 0 Å². The molecule has 100 valence electrons. The normalized spacial score (nSPS) is 31.8. The van der Waals surface area contributed by atoms with Gasteiger partial charge in [0.2, 0.25) is 0 Å². The molecule has 0 aromatic carbocycles. The first-order chi connectivity index (χ1) is 8.18. The number of rotatable bonds is 3. The molecule has 0 amide bonds. The fourth-order valence-corrected chi connectivity index (χ4v) is 3.32. The van der Waals surface area contributed by atoms with Gasteiger partial charge in [0, 0.05) is 12.6 Å². The molecule has 0 bridgehead atoms. The second-order valence-corrected chi connectivity index (χ2v) is 5.98. The Labute approximate surface area is 105 Å². The lowest BCUT2D eigenvalue weighted by Crippen LogP contribution is -2.48. The van der Waals surface area contributed by atoms with E-state index in [1.165, 1.54) is 38.5 Å². The third kappa shape index (κ3) is 3.94. The van der Waals surface area contributed by atoms with Crippen LogP contribution < -0.4 is 5.32 Å². The average molecular weight is 241 g/mol. The van der Waals surface area contributed by atoms with Gasteiger partial charge >= 0.3 is 0 Å². The zero-order valence-electron chi connectivity index (χ0n) is 11.1. The largest absolute Gasteiger partial charge is 0.390 e.